The lowest BCUT2D eigenvalue weighted by Gasteiger charge is -2.23. The van der Waals surface area contributed by atoms with Gasteiger partial charge in [-0.3, -0.25) is 14.8 Å². The molecule has 3 N–H and O–H groups in total. The number of rotatable bonds is 2. The second kappa shape index (κ2) is 5.27. The van der Waals surface area contributed by atoms with Crippen LogP contribution in [-0.2, 0) is 4.79 Å². The maximum atomic E-state index is 12.3. The normalized spacial score (nSPS) is 18.4. The Hall–Kier alpha value is -2.08. The summed E-state index contributed by atoms with van der Waals surface area (Å²) in [6.07, 6.45) is 1.20. The fourth-order valence-electron chi connectivity index (χ4n) is 2.33. The van der Waals surface area contributed by atoms with E-state index in [2.05, 4.69) is 0 Å². The summed E-state index contributed by atoms with van der Waals surface area (Å²) < 4.78 is 0. The predicted molar refractivity (Wildman–Crippen MR) is 66.8 cm³/mol. The summed E-state index contributed by atoms with van der Waals surface area (Å²) in [5.74, 6) is -1.10. The first-order valence-electron chi connectivity index (χ1n) is 6.09. The maximum absolute atomic E-state index is 12.3. The molecule has 6 heteroatoms. The van der Waals surface area contributed by atoms with Gasteiger partial charge in [-0.1, -0.05) is 6.07 Å². The Bertz CT molecular complexity index is 515. The van der Waals surface area contributed by atoms with E-state index in [0.717, 1.165) is 5.56 Å². The molecule has 6 nitrogen and oxygen atoms in total. The zero-order chi connectivity index (χ0) is 14.0. The minimum Gasteiger partial charge on any atom is -0.507 e. The van der Waals surface area contributed by atoms with Gasteiger partial charge in [-0.2, -0.15) is 0 Å². The fourth-order valence-corrected chi connectivity index (χ4v) is 2.33. The molecule has 1 fully saturated rings. The number of benzene rings is 1. The van der Waals surface area contributed by atoms with Crippen LogP contribution in [0.1, 0.15) is 28.8 Å². The van der Waals surface area contributed by atoms with E-state index in [0.29, 0.717) is 19.4 Å². The molecule has 1 aromatic rings. The van der Waals surface area contributed by atoms with Gasteiger partial charge in [0.2, 0.25) is 0 Å². The van der Waals surface area contributed by atoms with Crippen molar-refractivity contribution in [2.75, 3.05) is 6.54 Å². The van der Waals surface area contributed by atoms with Crippen LogP contribution in [0.2, 0.25) is 0 Å². The number of phenols is 1. The van der Waals surface area contributed by atoms with Crippen molar-refractivity contribution in [3.63, 3.8) is 0 Å². The minimum absolute atomic E-state index is 0.0972. The Morgan fingerprint density at radius 1 is 1.42 bits per heavy atom. The molecule has 0 spiro atoms. The van der Waals surface area contributed by atoms with Gasteiger partial charge in [-0.15, -0.1) is 0 Å². The molecule has 1 aromatic carbocycles. The molecule has 1 heterocycles. The van der Waals surface area contributed by atoms with Gasteiger partial charge in [0.15, 0.2) is 0 Å². The molecule has 19 heavy (non-hydrogen) atoms. The Morgan fingerprint density at radius 3 is 2.79 bits per heavy atom. The Morgan fingerprint density at radius 2 is 2.16 bits per heavy atom. The minimum atomic E-state index is -0.682. The Labute approximate surface area is 110 Å². The second-order valence-electron chi connectivity index (χ2n) is 4.65. The smallest absolute Gasteiger partial charge is 0.266 e. The van der Waals surface area contributed by atoms with E-state index in [9.17, 15) is 14.7 Å². The van der Waals surface area contributed by atoms with Crippen molar-refractivity contribution in [3.05, 3.63) is 29.3 Å². The summed E-state index contributed by atoms with van der Waals surface area (Å²) in [6.45, 7) is 2.25. The van der Waals surface area contributed by atoms with E-state index in [4.69, 9.17) is 5.21 Å². The van der Waals surface area contributed by atoms with Crippen molar-refractivity contribution >= 4 is 11.8 Å². The number of hydrogen-bond donors (Lipinski definition) is 3. The molecule has 1 aliphatic heterocycles. The number of likely N-dealkylation sites (tertiary alicyclic amines) is 1. The van der Waals surface area contributed by atoms with Crippen molar-refractivity contribution in [1.29, 1.82) is 0 Å². The summed E-state index contributed by atoms with van der Waals surface area (Å²) >= 11 is 0. The SMILES string of the molecule is Cc1ccc(C(=O)N2CCC[C@H]2C(=O)NO)c(O)c1. The van der Waals surface area contributed by atoms with Crippen LogP contribution in [0.4, 0.5) is 0 Å². The summed E-state index contributed by atoms with van der Waals surface area (Å²) in [7, 11) is 0. The van der Waals surface area contributed by atoms with Crippen LogP contribution >= 0.6 is 0 Å². The first kappa shape index (κ1) is 13.4. The highest BCUT2D eigenvalue weighted by Crippen LogP contribution is 2.25. The van der Waals surface area contributed by atoms with Gasteiger partial charge in [0.1, 0.15) is 11.8 Å². The van der Waals surface area contributed by atoms with Crippen molar-refractivity contribution in [1.82, 2.24) is 10.4 Å². The molecular formula is C13H16N2O4. The van der Waals surface area contributed by atoms with E-state index in [1.54, 1.807) is 17.6 Å². The Kier molecular flexibility index (Phi) is 3.71. The van der Waals surface area contributed by atoms with Crippen LogP contribution in [0.25, 0.3) is 0 Å². The fraction of sp³-hybridized carbons (Fsp3) is 0.385. The van der Waals surface area contributed by atoms with E-state index in [-0.39, 0.29) is 11.3 Å². The number of carbonyl (C=O) groups is 2. The number of phenolic OH excluding ortho intramolecular Hbond substituents is 1. The van der Waals surface area contributed by atoms with Crippen molar-refractivity contribution in [2.24, 2.45) is 0 Å². The van der Waals surface area contributed by atoms with Crippen LogP contribution in [0, 0.1) is 6.92 Å². The standard InChI is InChI=1S/C13H16N2O4/c1-8-4-5-9(11(16)7-8)13(18)15-6-2-3-10(15)12(17)14-19/h4-5,7,10,16,19H,2-3,6H2,1H3,(H,14,17)/t10-/m0/s1. The highest BCUT2D eigenvalue weighted by atomic mass is 16.5. The number of nitrogens with zero attached hydrogens (tertiary/aromatic N) is 1. The van der Waals surface area contributed by atoms with Gasteiger partial charge in [0.05, 0.1) is 5.56 Å². The molecule has 2 amide bonds. The quantitative estimate of drug-likeness (QED) is 0.544. The summed E-state index contributed by atoms with van der Waals surface area (Å²) in [5, 5.41) is 18.5. The molecule has 0 radical (unpaired) electrons. The number of amides is 2. The van der Waals surface area contributed by atoms with Crippen molar-refractivity contribution in [3.8, 4) is 5.75 Å². The van der Waals surface area contributed by atoms with Crippen LogP contribution < -0.4 is 5.48 Å². The lowest BCUT2D eigenvalue weighted by molar-refractivity contribution is -0.133. The largest absolute Gasteiger partial charge is 0.507 e. The lowest BCUT2D eigenvalue weighted by atomic mass is 10.1. The van der Waals surface area contributed by atoms with Gasteiger partial charge in [-0.05, 0) is 37.5 Å². The number of nitrogens with one attached hydrogen (secondary N) is 1. The summed E-state index contributed by atoms with van der Waals surface area (Å²) in [6, 6.07) is 4.09. The molecule has 2 rings (SSSR count). The first-order valence-corrected chi connectivity index (χ1v) is 6.09. The highest BCUT2D eigenvalue weighted by molar-refractivity contribution is 5.99. The number of carbonyl (C=O) groups excluding carboxylic acids is 2. The monoisotopic (exact) mass is 264 g/mol. The first-order chi connectivity index (χ1) is 9.04. The lowest BCUT2D eigenvalue weighted by Crippen LogP contribution is -2.45. The van der Waals surface area contributed by atoms with E-state index in [1.165, 1.54) is 11.0 Å². The number of hydrogen-bond acceptors (Lipinski definition) is 4. The van der Waals surface area contributed by atoms with E-state index >= 15 is 0 Å². The van der Waals surface area contributed by atoms with Gasteiger partial charge < -0.3 is 10.0 Å². The molecule has 1 aliphatic rings. The van der Waals surface area contributed by atoms with Crippen LogP contribution in [-0.4, -0.2) is 39.6 Å². The van der Waals surface area contributed by atoms with Crippen molar-refractivity contribution < 1.29 is 19.9 Å². The molecule has 0 unspecified atom stereocenters. The van der Waals surface area contributed by atoms with Gasteiger partial charge in [-0.25, -0.2) is 5.48 Å². The van der Waals surface area contributed by atoms with E-state index < -0.39 is 17.9 Å². The molecule has 1 saturated heterocycles. The van der Waals surface area contributed by atoms with Gasteiger partial charge in [0, 0.05) is 6.54 Å². The zero-order valence-corrected chi connectivity index (χ0v) is 10.6. The van der Waals surface area contributed by atoms with Crippen LogP contribution in [0.15, 0.2) is 18.2 Å². The molecule has 102 valence electrons. The molecular weight excluding hydrogens is 248 g/mol. The molecule has 1 atom stereocenters. The second-order valence-corrected chi connectivity index (χ2v) is 4.65. The zero-order valence-electron chi connectivity index (χ0n) is 10.6. The van der Waals surface area contributed by atoms with Crippen LogP contribution in [0.3, 0.4) is 0 Å². The highest BCUT2D eigenvalue weighted by Gasteiger charge is 2.35. The number of aromatic hydroxyl groups is 1. The average Bonchev–Trinajstić information content (AvgIpc) is 2.86. The molecule has 0 bridgehead atoms. The third-order valence-corrected chi connectivity index (χ3v) is 3.31. The topological polar surface area (TPSA) is 89.9 Å². The van der Waals surface area contributed by atoms with Crippen LogP contribution in [0.5, 0.6) is 5.75 Å². The van der Waals surface area contributed by atoms with Gasteiger partial charge >= 0.3 is 0 Å². The number of aryl methyl sites for hydroxylation is 1. The third kappa shape index (κ3) is 2.53. The summed E-state index contributed by atoms with van der Waals surface area (Å²) in [4.78, 5) is 25.2. The average molecular weight is 264 g/mol. The van der Waals surface area contributed by atoms with Gasteiger partial charge in [0.25, 0.3) is 11.8 Å². The maximum Gasteiger partial charge on any atom is 0.266 e. The molecule has 0 saturated carbocycles. The summed E-state index contributed by atoms with van der Waals surface area (Å²) in [5.41, 5.74) is 2.59. The Balaban J connectivity index is 2.25. The molecule has 0 aliphatic carbocycles. The van der Waals surface area contributed by atoms with E-state index in [1.807, 2.05) is 6.92 Å². The molecule has 0 aromatic heterocycles. The number of hydroxylamine groups is 1. The third-order valence-electron chi connectivity index (χ3n) is 3.31. The van der Waals surface area contributed by atoms with Crippen molar-refractivity contribution in [2.45, 2.75) is 25.8 Å². The predicted octanol–water partition coefficient (Wildman–Crippen LogP) is 0.811.